The fourth-order valence-corrected chi connectivity index (χ4v) is 4.93. The number of aromatic amines is 1. The van der Waals surface area contributed by atoms with Gasteiger partial charge < -0.3 is 9.67 Å². The maximum Gasteiger partial charge on any atom is 0.330 e. The number of aromatic nitrogens is 8. The zero-order chi connectivity index (χ0) is 25.3. The van der Waals surface area contributed by atoms with Gasteiger partial charge in [-0.25, -0.2) is 19.3 Å². The zero-order valence-corrected chi connectivity index (χ0v) is 21.0. The predicted octanol–water partition coefficient (Wildman–Crippen LogP) is 2.07. The SMILES string of the molecule is CCCCn1c(=O)[nH]c(=O)c2c1nc(CSc1nc3nc(C)c(CCC(=O)O)c(C)n3n1)n2CC. The van der Waals surface area contributed by atoms with Gasteiger partial charge in [-0.05, 0) is 39.2 Å². The number of imidazole rings is 1. The predicted molar refractivity (Wildman–Crippen MR) is 131 cm³/mol. The topological polar surface area (TPSA) is 153 Å². The molecule has 0 aliphatic heterocycles. The summed E-state index contributed by atoms with van der Waals surface area (Å²) in [5, 5.41) is 14.1. The van der Waals surface area contributed by atoms with Crippen LogP contribution in [0, 0.1) is 13.8 Å². The van der Waals surface area contributed by atoms with Gasteiger partial charge in [0.05, 0.1) is 5.75 Å². The van der Waals surface area contributed by atoms with Crippen LogP contribution in [-0.4, -0.2) is 49.8 Å². The van der Waals surface area contributed by atoms with Crippen LogP contribution >= 0.6 is 11.8 Å². The van der Waals surface area contributed by atoms with E-state index in [0.29, 0.717) is 53.2 Å². The van der Waals surface area contributed by atoms with Crippen LogP contribution in [0.15, 0.2) is 14.7 Å². The monoisotopic (exact) mass is 500 g/mol. The van der Waals surface area contributed by atoms with Crippen molar-refractivity contribution in [3.63, 3.8) is 0 Å². The third kappa shape index (κ3) is 4.72. The first-order valence-electron chi connectivity index (χ1n) is 11.5. The molecular formula is C22H28N8O4S. The Balaban J connectivity index is 1.67. The number of rotatable bonds is 10. The van der Waals surface area contributed by atoms with Gasteiger partial charge in [0, 0.05) is 30.9 Å². The minimum atomic E-state index is -0.864. The van der Waals surface area contributed by atoms with E-state index in [4.69, 9.17) is 5.11 Å². The number of fused-ring (bicyclic) bond motifs is 2. The van der Waals surface area contributed by atoms with Crippen molar-refractivity contribution >= 4 is 34.7 Å². The van der Waals surface area contributed by atoms with E-state index in [9.17, 15) is 14.4 Å². The van der Waals surface area contributed by atoms with Crippen LogP contribution in [0.4, 0.5) is 0 Å². The molecule has 2 N–H and O–H groups in total. The molecule has 0 aromatic carbocycles. The number of aliphatic carboxylic acids is 1. The summed E-state index contributed by atoms with van der Waals surface area (Å²) in [5.74, 6) is 0.618. The standard InChI is InChI=1S/C22H28N8O4S/c1-5-7-10-29-18-17(19(33)25-22(29)34)28(6-2)15(24-18)11-35-21-26-20-23-12(3)14(8-9-16(31)32)13(4)30(20)27-21/h5-11H2,1-4H3,(H,31,32)(H,25,33,34). The average Bonchev–Trinajstić information content (AvgIpc) is 3.38. The molecule has 13 heteroatoms. The number of carbonyl (C=O) groups is 1. The molecule has 4 rings (SSSR count). The summed E-state index contributed by atoms with van der Waals surface area (Å²) in [6.07, 6.45) is 2.10. The molecule has 0 saturated carbocycles. The van der Waals surface area contributed by atoms with Gasteiger partial charge in [-0.3, -0.25) is 19.1 Å². The summed E-state index contributed by atoms with van der Waals surface area (Å²) < 4.78 is 4.97. The van der Waals surface area contributed by atoms with Gasteiger partial charge >= 0.3 is 11.7 Å². The molecular weight excluding hydrogens is 472 g/mol. The Labute approximate surface area is 204 Å². The lowest BCUT2D eigenvalue weighted by Crippen LogP contribution is -2.31. The van der Waals surface area contributed by atoms with Crippen molar-refractivity contribution in [1.29, 1.82) is 0 Å². The van der Waals surface area contributed by atoms with Gasteiger partial charge in [0.15, 0.2) is 11.2 Å². The molecule has 0 aliphatic rings. The highest BCUT2D eigenvalue weighted by molar-refractivity contribution is 7.98. The molecule has 4 heterocycles. The van der Waals surface area contributed by atoms with E-state index in [2.05, 4.69) is 25.0 Å². The Morgan fingerprint density at radius 1 is 1.11 bits per heavy atom. The smallest absolute Gasteiger partial charge is 0.330 e. The molecule has 0 radical (unpaired) electrons. The fourth-order valence-electron chi connectivity index (χ4n) is 4.17. The van der Waals surface area contributed by atoms with Crippen molar-refractivity contribution in [2.45, 2.75) is 77.4 Å². The lowest BCUT2D eigenvalue weighted by atomic mass is 10.1. The first-order valence-corrected chi connectivity index (χ1v) is 12.5. The summed E-state index contributed by atoms with van der Waals surface area (Å²) in [7, 11) is 0. The normalized spacial score (nSPS) is 11.7. The van der Waals surface area contributed by atoms with Crippen molar-refractivity contribution in [3.05, 3.63) is 43.6 Å². The van der Waals surface area contributed by atoms with E-state index >= 15 is 0 Å². The summed E-state index contributed by atoms with van der Waals surface area (Å²) in [4.78, 5) is 52.1. The summed E-state index contributed by atoms with van der Waals surface area (Å²) in [5.41, 5.74) is 2.27. The number of H-pyrrole nitrogens is 1. The van der Waals surface area contributed by atoms with Crippen molar-refractivity contribution in [1.82, 2.24) is 38.7 Å². The molecule has 0 aliphatic carbocycles. The molecule has 4 aromatic rings. The van der Waals surface area contributed by atoms with Crippen LogP contribution in [0.3, 0.4) is 0 Å². The van der Waals surface area contributed by atoms with Gasteiger partial charge in [0.25, 0.3) is 11.3 Å². The summed E-state index contributed by atoms with van der Waals surface area (Å²) in [6, 6.07) is 0. The van der Waals surface area contributed by atoms with Crippen molar-refractivity contribution in [2.24, 2.45) is 0 Å². The minimum Gasteiger partial charge on any atom is -0.481 e. The molecule has 35 heavy (non-hydrogen) atoms. The Bertz CT molecular complexity index is 1530. The number of unbranched alkanes of at least 4 members (excludes halogenated alkanes) is 1. The van der Waals surface area contributed by atoms with Gasteiger partial charge in [0.1, 0.15) is 5.82 Å². The maximum absolute atomic E-state index is 12.6. The number of nitrogens with one attached hydrogen (secondary N) is 1. The van der Waals surface area contributed by atoms with Crippen LogP contribution in [0.25, 0.3) is 16.9 Å². The minimum absolute atomic E-state index is 0.0148. The van der Waals surface area contributed by atoms with E-state index < -0.39 is 17.2 Å². The molecule has 186 valence electrons. The second-order valence-electron chi connectivity index (χ2n) is 8.26. The highest BCUT2D eigenvalue weighted by Gasteiger charge is 2.19. The number of aryl methyl sites for hydroxylation is 4. The van der Waals surface area contributed by atoms with Gasteiger partial charge in [0.2, 0.25) is 5.16 Å². The number of carboxylic acids is 1. The third-order valence-corrected chi connectivity index (χ3v) is 6.80. The van der Waals surface area contributed by atoms with Crippen LogP contribution in [0.5, 0.6) is 0 Å². The van der Waals surface area contributed by atoms with Gasteiger partial charge in [-0.2, -0.15) is 4.98 Å². The summed E-state index contributed by atoms with van der Waals surface area (Å²) >= 11 is 1.36. The first kappa shape index (κ1) is 24.6. The Morgan fingerprint density at radius 3 is 2.57 bits per heavy atom. The number of thioether (sulfide) groups is 1. The average molecular weight is 501 g/mol. The second kappa shape index (κ2) is 10.0. The lowest BCUT2D eigenvalue weighted by Gasteiger charge is -2.08. The van der Waals surface area contributed by atoms with Crippen LogP contribution in [0.1, 0.15) is 55.9 Å². The van der Waals surface area contributed by atoms with E-state index in [1.165, 1.54) is 16.3 Å². The molecule has 0 atom stereocenters. The molecule has 0 spiro atoms. The number of nitrogens with zero attached hydrogens (tertiary/aromatic N) is 7. The zero-order valence-electron chi connectivity index (χ0n) is 20.2. The van der Waals surface area contributed by atoms with E-state index in [1.807, 2.05) is 32.3 Å². The highest BCUT2D eigenvalue weighted by Crippen LogP contribution is 2.23. The fraction of sp³-hybridized carbons (Fsp3) is 0.500. The molecule has 0 amide bonds. The highest BCUT2D eigenvalue weighted by atomic mass is 32.2. The van der Waals surface area contributed by atoms with Crippen molar-refractivity contribution in [2.75, 3.05) is 0 Å². The Kier molecular flexibility index (Phi) is 7.05. The first-order chi connectivity index (χ1) is 16.7. The van der Waals surface area contributed by atoms with Crippen molar-refractivity contribution in [3.8, 4) is 0 Å². The lowest BCUT2D eigenvalue weighted by molar-refractivity contribution is -0.136. The van der Waals surface area contributed by atoms with Gasteiger partial charge in [-0.1, -0.05) is 25.1 Å². The van der Waals surface area contributed by atoms with Crippen LogP contribution in [0.2, 0.25) is 0 Å². The molecule has 4 aromatic heterocycles. The Morgan fingerprint density at radius 2 is 1.89 bits per heavy atom. The molecule has 12 nitrogen and oxygen atoms in total. The van der Waals surface area contributed by atoms with E-state index in [-0.39, 0.29) is 6.42 Å². The quantitative estimate of drug-likeness (QED) is 0.312. The number of hydrogen-bond donors (Lipinski definition) is 2. The number of carboxylic acid groups (broad SMARTS) is 1. The van der Waals surface area contributed by atoms with Crippen LogP contribution < -0.4 is 11.2 Å². The second-order valence-corrected chi connectivity index (χ2v) is 9.20. The summed E-state index contributed by atoms with van der Waals surface area (Å²) in [6.45, 7) is 8.68. The Hall–Kier alpha value is -3.48. The molecule has 0 bridgehead atoms. The van der Waals surface area contributed by atoms with Crippen molar-refractivity contribution < 1.29 is 9.90 Å². The third-order valence-electron chi connectivity index (χ3n) is 5.96. The molecule has 0 fully saturated rings. The molecule has 0 saturated heterocycles. The number of hydrogen-bond acceptors (Lipinski definition) is 8. The van der Waals surface area contributed by atoms with E-state index in [1.54, 1.807) is 4.52 Å². The van der Waals surface area contributed by atoms with E-state index in [0.717, 1.165) is 29.8 Å². The maximum atomic E-state index is 12.6. The largest absolute Gasteiger partial charge is 0.481 e. The van der Waals surface area contributed by atoms with Crippen LogP contribution in [-0.2, 0) is 30.1 Å². The van der Waals surface area contributed by atoms with Gasteiger partial charge in [-0.15, -0.1) is 5.10 Å². The molecule has 0 unspecified atom stereocenters.